The predicted octanol–water partition coefficient (Wildman–Crippen LogP) is 7.28. The summed E-state index contributed by atoms with van der Waals surface area (Å²) in [6.07, 6.45) is 1.96. The van der Waals surface area contributed by atoms with Crippen LogP contribution in [0.15, 0.2) is 114 Å². The SMILES string of the molecule is C(=NCc1ccc2c(ccc3ccccc32)c1)c1ccc(-c2ccccc2)cc1. The summed E-state index contributed by atoms with van der Waals surface area (Å²) in [5.74, 6) is 0. The van der Waals surface area contributed by atoms with Gasteiger partial charge in [-0.05, 0) is 49.9 Å². The Bertz CT molecular complexity index is 1300. The highest BCUT2D eigenvalue weighted by Gasteiger charge is 2.01. The first kappa shape index (κ1) is 17.4. The lowest BCUT2D eigenvalue weighted by molar-refractivity contribution is 1.08. The number of hydrogen-bond acceptors (Lipinski definition) is 1. The smallest absolute Gasteiger partial charge is 0.0640 e. The van der Waals surface area contributed by atoms with Crippen molar-refractivity contribution in [3.63, 3.8) is 0 Å². The van der Waals surface area contributed by atoms with Crippen LogP contribution in [-0.4, -0.2) is 6.21 Å². The number of fused-ring (bicyclic) bond motifs is 3. The molecule has 5 rings (SSSR count). The Labute approximate surface area is 171 Å². The van der Waals surface area contributed by atoms with Crippen molar-refractivity contribution in [2.45, 2.75) is 6.54 Å². The van der Waals surface area contributed by atoms with Crippen LogP contribution in [-0.2, 0) is 6.54 Å². The van der Waals surface area contributed by atoms with Gasteiger partial charge < -0.3 is 0 Å². The van der Waals surface area contributed by atoms with Crippen molar-refractivity contribution in [3.8, 4) is 11.1 Å². The lowest BCUT2D eigenvalue weighted by atomic mass is 10.0. The fraction of sp³-hybridized carbons (Fsp3) is 0.0357. The van der Waals surface area contributed by atoms with Crippen molar-refractivity contribution in [3.05, 3.63) is 120 Å². The second kappa shape index (κ2) is 7.73. The summed E-state index contributed by atoms with van der Waals surface area (Å²) in [6.45, 7) is 0.684. The van der Waals surface area contributed by atoms with Gasteiger partial charge in [-0.25, -0.2) is 0 Å². The van der Waals surface area contributed by atoms with E-state index in [1.807, 2.05) is 12.3 Å². The van der Waals surface area contributed by atoms with Crippen LogP contribution >= 0.6 is 0 Å². The van der Waals surface area contributed by atoms with Gasteiger partial charge in [-0.3, -0.25) is 4.99 Å². The van der Waals surface area contributed by atoms with Crippen LogP contribution in [0.2, 0.25) is 0 Å². The quantitative estimate of drug-likeness (QED) is 0.232. The predicted molar refractivity (Wildman–Crippen MR) is 125 cm³/mol. The van der Waals surface area contributed by atoms with Gasteiger partial charge in [0.1, 0.15) is 0 Å². The molecule has 0 aliphatic carbocycles. The molecule has 0 N–H and O–H groups in total. The molecule has 0 amide bonds. The van der Waals surface area contributed by atoms with Gasteiger partial charge >= 0.3 is 0 Å². The number of rotatable bonds is 4. The van der Waals surface area contributed by atoms with E-state index in [0.717, 1.165) is 5.56 Å². The van der Waals surface area contributed by atoms with Gasteiger partial charge in [0.25, 0.3) is 0 Å². The highest BCUT2D eigenvalue weighted by molar-refractivity contribution is 6.07. The van der Waals surface area contributed by atoms with E-state index >= 15 is 0 Å². The first-order valence-electron chi connectivity index (χ1n) is 9.92. The molecular formula is C28H21N. The number of benzene rings is 5. The lowest BCUT2D eigenvalue weighted by Crippen LogP contribution is -1.86. The van der Waals surface area contributed by atoms with Crippen molar-refractivity contribution in [1.82, 2.24) is 0 Å². The molecule has 0 spiro atoms. The molecule has 29 heavy (non-hydrogen) atoms. The van der Waals surface area contributed by atoms with Crippen molar-refractivity contribution in [1.29, 1.82) is 0 Å². The number of hydrogen-bond donors (Lipinski definition) is 0. The molecule has 0 bridgehead atoms. The molecule has 5 aromatic carbocycles. The topological polar surface area (TPSA) is 12.4 Å². The molecular weight excluding hydrogens is 350 g/mol. The van der Waals surface area contributed by atoms with E-state index in [1.165, 1.54) is 38.2 Å². The fourth-order valence-corrected chi connectivity index (χ4v) is 3.81. The zero-order valence-corrected chi connectivity index (χ0v) is 16.1. The molecule has 0 heterocycles. The molecule has 5 aromatic rings. The average molecular weight is 371 g/mol. The summed E-state index contributed by atoms with van der Waals surface area (Å²) in [4.78, 5) is 4.66. The monoisotopic (exact) mass is 371 g/mol. The third kappa shape index (κ3) is 3.68. The van der Waals surface area contributed by atoms with E-state index in [-0.39, 0.29) is 0 Å². The number of aliphatic imine (C=N–C) groups is 1. The molecule has 138 valence electrons. The molecule has 0 fully saturated rings. The van der Waals surface area contributed by atoms with E-state index in [0.29, 0.717) is 6.54 Å². The standard InChI is InChI=1S/C28H21N/c1-2-6-23(7-3-1)24-13-10-21(11-14-24)19-29-20-22-12-17-28-26(18-22)16-15-25-8-4-5-9-27(25)28/h1-19H,20H2. The molecule has 0 aliphatic heterocycles. The zero-order chi connectivity index (χ0) is 19.5. The molecule has 0 saturated heterocycles. The van der Waals surface area contributed by atoms with Crippen LogP contribution < -0.4 is 0 Å². The summed E-state index contributed by atoms with van der Waals surface area (Å²) in [6, 6.07) is 38.6. The first-order chi connectivity index (χ1) is 14.4. The Morgan fingerprint density at radius 1 is 0.552 bits per heavy atom. The summed E-state index contributed by atoms with van der Waals surface area (Å²) in [5.41, 5.74) is 4.81. The Hall–Kier alpha value is -3.71. The minimum atomic E-state index is 0.684. The van der Waals surface area contributed by atoms with Crippen LogP contribution in [0.3, 0.4) is 0 Å². The van der Waals surface area contributed by atoms with E-state index in [9.17, 15) is 0 Å². The maximum Gasteiger partial charge on any atom is 0.0640 e. The van der Waals surface area contributed by atoms with Crippen LogP contribution in [0.4, 0.5) is 0 Å². The molecule has 0 atom stereocenters. The summed E-state index contributed by atoms with van der Waals surface area (Å²) >= 11 is 0. The molecule has 0 aromatic heterocycles. The maximum atomic E-state index is 4.66. The maximum absolute atomic E-state index is 4.66. The zero-order valence-electron chi connectivity index (χ0n) is 16.1. The highest BCUT2D eigenvalue weighted by Crippen LogP contribution is 2.26. The van der Waals surface area contributed by atoms with Crippen molar-refractivity contribution in [2.75, 3.05) is 0 Å². The van der Waals surface area contributed by atoms with Gasteiger partial charge in [-0.2, -0.15) is 0 Å². The summed E-state index contributed by atoms with van der Waals surface area (Å²) < 4.78 is 0. The molecule has 0 unspecified atom stereocenters. The van der Waals surface area contributed by atoms with Gasteiger partial charge in [-0.1, -0.05) is 103 Å². The minimum absolute atomic E-state index is 0.684. The van der Waals surface area contributed by atoms with Gasteiger partial charge in [0.05, 0.1) is 6.54 Å². The lowest BCUT2D eigenvalue weighted by Gasteiger charge is -2.05. The Morgan fingerprint density at radius 3 is 2.10 bits per heavy atom. The Balaban J connectivity index is 1.33. The van der Waals surface area contributed by atoms with Gasteiger partial charge in [0.2, 0.25) is 0 Å². The summed E-state index contributed by atoms with van der Waals surface area (Å²) in [7, 11) is 0. The Morgan fingerprint density at radius 2 is 1.24 bits per heavy atom. The van der Waals surface area contributed by atoms with Crippen molar-refractivity contribution in [2.24, 2.45) is 4.99 Å². The summed E-state index contributed by atoms with van der Waals surface area (Å²) in [5, 5.41) is 5.15. The third-order valence-electron chi connectivity index (χ3n) is 5.34. The van der Waals surface area contributed by atoms with Crippen molar-refractivity contribution >= 4 is 27.8 Å². The van der Waals surface area contributed by atoms with E-state index in [2.05, 4.69) is 108 Å². The number of nitrogens with zero attached hydrogens (tertiary/aromatic N) is 1. The largest absolute Gasteiger partial charge is 0.288 e. The fourth-order valence-electron chi connectivity index (χ4n) is 3.81. The second-order valence-corrected chi connectivity index (χ2v) is 7.30. The van der Waals surface area contributed by atoms with Gasteiger partial charge in [0, 0.05) is 6.21 Å². The van der Waals surface area contributed by atoms with Crippen LogP contribution in [0.5, 0.6) is 0 Å². The van der Waals surface area contributed by atoms with E-state index < -0.39 is 0 Å². The molecule has 0 saturated carbocycles. The van der Waals surface area contributed by atoms with E-state index in [1.54, 1.807) is 0 Å². The molecule has 0 radical (unpaired) electrons. The van der Waals surface area contributed by atoms with Crippen LogP contribution in [0, 0.1) is 0 Å². The van der Waals surface area contributed by atoms with E-state index in [4.69, 9.17) is 0 Å². The minimum Gasteiger partial charge on any atom is -0.288 e. The normalized spacial score (nSPS) is 11.4. The second-order valence-electron chi connectivity index (χ2n) is 7.30. The Kier molecular flexibility index (Phi) is 4.63. The van der Waals surface area contributed by atoms with Crippen LogP contribution in [0.1, 0.15) is 11.1 Å². The highest BCUT2D eigenvalue weighted by atomic mass is 14.7. The van der Waals surface area contributed by atoms with Gasteiger partial charge in [-0.15, -0.1) is 0 Å². The van der Waals surface area contributed by atoms with Crippen molar-refractivity contribution < 1.29 is 0 Å². The molecule has 1 heteroatoms. The third-order valence-corrected chi connectivity index (χ3v) is 5.34. The first-order valence-corrected chi connectivity index (χ1v) is 9.92. The average Bonchev–Trinajstić information content (AvgIpc) is 2.80. The van der Waals surface area contributed by atoms with Crippen LogP contribution in [0.25, 0.3) is 32.7 Å². The molecule has 0 aliphatic rings. The van der Waals surface area contributed by atoms with Gasteiger partial charge in [0.15, 0.2) is 0 Å². The molecule has 1 nitrogen and oxygen atoms in total.